The van der Waals surface area contributed by atoms with Crippen molar-refractivity contribution in [2.24, 2.45) is 4.99 Å². The van der Waals surface area contributed by atoms with E-state index in [2.05, 4.69) is 72.6 Å². The lowest BCUT2D eigenvalue weighted by atomic mass is 10.0. The predicted molar refractivity (Wildman–Crippen MR) is 90.3 cm³/mol. The summed E-state index contributed by atoms with van der Waals surface area (Å²) >= 11 is 0. The number of nitrogens with zero attached hydrogens (tertiary/aromatic N) is 1. The second kappa shape index (κ2) is 6.19. The van der Waals surface area contributed by atoms with Crippen molar-refractivity contribution in [1.29, 1.82) is 0 Å². The largest absolute Gasteiger partial charge is 0.256 e. The Kier molecular flexibility index (Phi) is 3.92. The van der Waals surface area contributed by atoms with Crippen LogP contribution in [0.15, 0.2) is 83.9 Å². The van der Waals surface area contributed by atoms with Gasteiger partial charge >= 0.3 is 0 Å². The SMILES string of the molecule is Cc1ccc(/N=C/c2ccc(-c3ccccc3)cc2)cc1. The fourth-order valence-corrected chi connectivity index (χ4v) is 2.17. The second-order valence-corrected chi connectivity index (χ2v) is 5.08. The van der Waals surface area contributed by atoms with Gasteiger partial charge in [0.05, 0.1) is 5.69 Å². The average Bonchev–Trinajstić information content (AvgIpc) is 2.56. The van der Waals surface area contributed by atoms with Crippen LogP contribution in [0, 0.1) is 6.92 Å². The van der Waals surface area contributed by atoms with Crippen LogP contribution in [0.1, 0.15) is 11.1 Å². The second-order valence-electron chi connectivity index (χ2n) is 5.08. The molecule has 0 saturated carbocycles. The summed E-state index contributed by atoms with van der Waals surface area (Å²) in [5, 5.41) is 0. The Morgan fingerprint density at radius 2 is 1.29 bits per heavy atom. The lowest BCUT2D eigenvalue weighted by molar-refractivity contribution is 1.44. The van der Waals surface area contributed by atoms with Crippen LogP contribution in [0.4, 0.5) is 5.69 Å². The summed E-state index contributed by atoms with van der Waals surface area (Å²) in [5.41, 5.74) is 5.80. The van der Waals surface area contributed by atoms with E-state index in [0.29, 0.717) is 0 Å². The topological polar surface area (TPSA) is 12.4 Å². The van der Waals surface area contributed by atoms with E-state index in [0.717, 1.165) is 11.3 Å². The van der Waals surface area contributed by atoms with Crippen LogP contribution < -0.4 is 0 Å². The highest BCUT2D eigenvalue weighted by Gasteiger charge is 1.96. The molecule has 0 radical (unpaired) electrons. The lowest BCUT2D eigenvalue weighted by Crippen LogP contribution is -1.82. The fraction of sp³-hybridized carbons (Fsp3) is 0.0500. The van der Waals surface area contributed by atoms with E-state index >= 15 is 0 Å². The van der Waals surface area contributed by atoms with Crippen molar-refractivity contribution >= 4 is 11.9 Å². The monoisotopic (exact) mass is 271 g/mol. The Labute approximate surface area is 125 Å². The number of benzene rings is 3. The Bertz CT molecular complexity index is 723. The summed E-state index contributed by atoms with van der Waals surface area (Å²) in [4.78, 5) is 4.50. The average molecular weight is 271 g/mol. The molecule has 1 nitrogen and oxygen atoms in total. The molecule has 0 aliphatic rings. The summed E-state index contributed by atoms with van der Waals surface area (Å²) in [6.07, 6.45) is 1.90. The zero-order valence-electron chi connectivity index (χ0n) is 12.0. The van der Waals surface area contributed by atoms with Crippen LogP contribution in [0.5, 0.6) is 0 Å². The number of hydrogen-bond donors (Lipinski definition) is 0. The molecule has 0 spiro atoms. The Morgan fingerprint density at radius 1 is 0.667 bits per heavy atom. The minimum atomic E-state index is 0.979. The number of hydrogen-bond acceptors (Lipinski definition) is 1. The minimum absolute atomic E-state index is 0.979. The first-order valence-electron chi connectivity index (χ1n) is 7.07. The molecule has 3 aromatic rings. The van der Waals surface area contributed by atoms with Crippen LogP contribution in [0.2, 0.25) is 0 Å². The van der Waals surface area contributed by atoms with Crippen LogP contribution in [-0.4, -0.2) is 6.21 Å². The number of aryl methyl sites for hydroxylation is 1. The van der Waals surface area contributed by atoms with Crippen LogP contribution >= 0.6 is 0 Å². The molecule has 102 valence electrons. The Hall–Kier alpha value is -2.67. The molecule has 0 aliphatic carbocycles. The van der Waals surface area contributed by atoms with Gasteiger partial charge in [-0.1, -0.05) is 72.3 Å². The van der Waals surface area contributed by atoms with E-state index in [9.17, 15) is 0 Å². The molecule has 21 heavy (non-hydrogen) atoms. The molecule has 0 heterocycles. The molecule has 0 bridgehead atoms. The fourth-order valence-electron chi connectivity index (χ4n) is 2.17. The summed E-state index contributed by atoms with van der Waals surface area (Å²) in [7, 11) is 0. The molecule has 0 aromatic heterocycles. The molecule has 0 unspecified atom stereocenters. The van der Waals surface area contributed by atoms with Gasteiger partial charge in [0.15, 0.2) is 0 Å². The van der Waals surface area contributed by atoms with E-state index in [1.54, 1.807) is 0 Å². The highest BCUT2D eigenvalue weighted by Crippen LogP contribution is 2.19. The molecule has 1 heteroatoms. The van der Waals surface area contributed by atoms with Crippen molar-refractivity contribution in [2.75, 3.05) is 0 Å². The van der Waals surface area contributed by atoms with Gasteiger partial charge in [-0.15, -0.1) is 0 Å². The van der Waals surface area contributed by atoms with Crippen LogP contribution in [-0.2, 0) is 0 Å². The molecule has 0 aliphatic heterocycles. The van der Waals surface area contributed by atoms with Gasteiger partial charge < -0.3 is 0 Å². The van der Waals surface area contributed by atoms with Gasteiger partial charge in [0, 0.05) is 6.21 Å². The minimum Gasteiger partial charge on any atom is -0.256 e. The summed E-state index contributed by atoms with van der Waals surface area (Å²) in [6, 6.07) is 27.1. The van der Waals surface area contributed by atoms with Crippen molar-refractivity contribution < 1.29 is 0 Å². The van der Waals surface area contributed by atoms with E-state index in [-0.39, 0.29) is 0 Å². The van der Waals surface area contributed by atoms with Gasteiger partial charge in [0.1, 0.15) is 0 Å². The standard InChI is InChI=1S/C20H17N/c1-16-7-13-20(14-8-16)21-15-17-9-11-19(12-10-17)18-5-3-2-4-6-18/h2-15H,1H3/b21-15+. The highest BCUT2D eigenvalue weighted by molar-refractivity contribution is 5.83. The van der Waals surface area contributed by atoms with Crippen molar-refractivity contribution in [3.63, 3.8) is 0 Å². The third kappa shape index (κ3) is 3.46. The third-order valence-corrected chi connectivity index (χ3v) is 3.41. The zero-order valence-corrected chi connectivity index (χ0v) is 12.0. The van der Waals surface area contributed by atoms with Gasteiger partial charge in [-0.2, -0.15) is 0 Å². The van der Waals surface area contributed by atoms with E-state index in [1.807, 2.05) is 24.4 Å². The predicted octanol–water partition coefficient (Wildman–Crippen LogP) is 5.41. The highest BCUT2D eigenvalue weighted by atomic mass is 14.7. The molecule has 0 amide bonds. The molecule has 3 rings (SSSR count). The van der Waals surface area contributed by atoms with Crippen molar-refractivity contribution in [3.05, 3.63) is 90.0 Å². The van der Waals surface area contributed by atoms with Gasteiger partial charge in [-0.3, -0.25) is 4.99 Å². The molecule has 0 N–H and O–H groups in total. The maximum atomic E-state index is 4.50. The number of aliphatic imine (C=N–C) groups is 1. The smallest absolute Gasteiger partial charge is 0.0630 e. The summed E-state index contributed by atoms with van der Waals surface area (Å²) in [6.45, 7) is 2.08. The molecule has 3 aromatic carbocycles. The van der Waals surface area contributed by atoms with Gasteiger partial charge in [-0.25, -0.2) is 0 Å². The third-order valence-electron chi connectivity index (χ3n) is 3.41. The van der Waals surface area contributed by atoms with Crippen molar-refractivity contribution in [1.82, 2.24) is 0 Å². The molecule has 0 saturated heterocycles. The van der Waals surface area contributed by atoms with Crippen LogP contribution in [0.3, 0.4) is 0 Å². The first-order valence-corrected chi connectivity index (χ1v) is 7.07. The first-order chi connectivity index (χ1) is 10.3. The zero-order chi connectivity index (χ0) is 14.5. The molecule has 0 fully saturated rings. The normalized spacial score (nSPS) is 10.9. The quantitative estimate of drug-likeness (QED) is 0.564. The molecule has 0 atom stereocenters. The van der Waals surface area contributed by atoms with E-state index < -0.39 is 0 Å². The van der Waals surface area contributed by atoms with Gasteiger partial charge in [-0.05, 0) is 35.7 Å². The summed E-state index contributed by atoms with van der Waals surface area (Å²) < 4.78 is 0. The van der Waals surface area contributed by atoms with Gasteiger partial charge in [0.2, 0.25) is 0 Å². The number of rotatable bonds is 3. The van der Waals surface area contributed by atoms with Crippen molar-refractivity contribution in [3.8, 4) is 11.1 Å². The summed E-state index contributed by atoms with van der Waals surface area (Å²) in [5.74, 6) is 0. The maximum absolute atomic E-state index is 4.50. The van der Waals surface area contributed by atoms with E-state index in [4.69, 9.17) is 0 Å². The van der Waals surface area contributed by atoms with Crippen molar-refractivity contribution in [2.45, 2.75) is 6.92 Å². The Balaban J connectivity index is 1.77. The lowest BCUT2D eigenvalue weighted by Gasteiger charge is -2.01. The van der Waals surface area contributed by atoms with E-state index in [1.165, 1.54) is 16.7 Å². The molecular formula is C20H17N. The first kappa shape index (κ1) is 13.3. The maximum Gasteiger partial charge on any atom is 0.0630 e. The Morgan fingerprint density at radius 3 is 1.95 bits per heavy atom. The van der Waals surface area contributed by atoms with Crippen LogP contribution in [0.25, 0.3) is 11.1 Å². The van der Waals surface area contributed by atoms with Gasteiger partial charge in [0.25, 0.3) is 0 Å². The molecular weight excluding hydrogens is 254 g/mol.